The van der Waals surface area contributed by atoms with Crippen LogP contribution in [0.2, 0.25) is 0 Å². The number of hydrogen-bond acceptors (Lipinski definition) is 2. The van der Waals surface area contributed by atoms with Gasteiger partial charge in [0.2, 0.25) is 0 Å². The third-order valence-electron chi connectivity index (χ3n) is 1.85. The quantitative estimate of drug-likeness (QED) is 0.849. The Labute approximate surface area is 98.0 Å². The average molecular weight is 317 g/mol. The summed E-state index contributed by atoms with van der Waals surface area (Å²) >= 11 is 6.79. The maximum Gasteiger partial charge on any atom is 0.160 e. The van der Waals surface area contributed by atoms with Crippen molar-refractivity contribution in [3.05, 3.63) is 33.2 Å². The summed E-state index contributed by atoms with van der Waals surface area (Å²) in [7, 11) is 0. The molecular formula is C9H7Br2N3. The van der Waals surface area contributed by atoms with E-state index in [0.29, 0.717) is 5.82 Å². The van der Waals surface area contributed by atoms with Gasteiger partial charge in [-0.3, -0.25) is 5.10 Å². The number of rotatable bonds is 1. The molecule has 0 bridgehead atoms. The van der Waals surface area contributed by atoms with Crippen molar-refractivity contribution in [2.24, 2.45) is 0 Å². The standard InChI is InChI=1S/C9H7Br2N3/c10-6-3-1-2-5(4-6)8-7(11)9(12)14-13-8/h1-4H,(H3,12,13,14). The molecule has 3 nitrogen and oxygen atoms in total. The topological polar surface area (TPSA) is 54.7 Å². The molecule has 0 radical (unpaired) electrons. The smallest absolute Gasteiger partial charge is 0.160 e. The Hall–Kier alpha value is -0.810. The molecule has 0 saturated heterocycles. The van der Waals surface area contributed by atoms with Crippen LogP contribution < -0.4 is 5.73 Å². The number of hydrogen-bond donors (Lipinski definition) is 2. The van der Waals surface area contributed by atoms with Crippen molar-refractivity contribution in [3.63, 3.8) is 0 Å². The minimum atomic E-state index is 0.472. The summed E-state index contributed by atoms with van der Waals surface area (Å²) in [4.78, 5) is 0. The first-order valence-electron chi connectivity index (χ1n) is 3.94. The lowest BCUT2D eigenvalue weighted by atomic mass is 10.2. The predicted octanol–water partition coefficient (Wildman–Crippen LogP) is 3.18. The van der Waals surface area contributed by atoms with Crippen LogP contribution in [0.15, 0.2) is 33.2 Å². The van der Waals surface area contributed by atoms with Crippen LogP contribution in [0.5, 0.6) is 0 Å². The minimum absolute atomic E-state index is 0.472. The summed E-state index contributed by atoms with van der Waals surface area (Å²) in [6.45, 7) is 0. The predicted molar refractivity (Wildman–Crippen MR) is 63.8 cm³/mol. The van der Waals surface area contributed by atoms with Crippen molar-refractivity contribution in [1.82, 2.24) is 10.2 Å². The molecule has 14 heavy (non-hydrogen) atoms. The fourth-order valence-electron chi connectivity index (χ4n) is 1.18. The van der Waals surface area contributed by atoms with Crippen LogP contribution in [0.25, 0.3) is 11.3 Å². The van der Waals surface area contributed by atoms with Crippen molar-refractivity contribution in [2.45, 2.75) is 0 Å². The van der Waals surface area contributed by atoms with E-state index < -0.39 is 0 Å². The van der Waals surface area contributed by atoms with Gasteiger partial charge in [-0.1, -0.05) is 28.1 Å². The summed E-state index contributed by atoms with van der Waals surface area (Å²) in [6, 6.07) is 7.92. The van der Waals surface area contributed by atoms with Gasteiger partial charge in [0, 0.05) is 10.0 Å². The van der Waals surface area contributed by atoms with E-state index in [9.17, 15) is 0 Å². The first-order chi connectivity index (χ1) is 6.68. The van der Waals surface area contributed by atoms with E-state index in [1.807, 2.05) is 24.3 Å². The number of aromatic nitrogens is 2. The van der Waals surface area contributed by atoms with Gasteiger partial charge in [-0.15, -0.1) is 0 Å². The Morgan fingerprint density at radius 1 is 1.29 bits per heavy atom. The van der Waals surface area contributed by atoms with E-state index in [2.05, 4.69) is 42.1 Å². The van der Waals surface area contributed by atoms with Crippen molar-refractivity contribution in [3.8, 4) is 11.3 Å². The van der Waals surface area contributed by atoms with Gasteiger partial charge in [-0.2, -0.15) is 5.10 Å². The average Bonchev–Trinajstić information content (AvgIpc) is 2.48. The molecule has 0 fully saturated rings. The molecule has 0 aliphatic carbocycles. The summed E-state index contributed by atoms with van der Waals surface area (Å²) in [5.41, 5.74) is 7.54. The molecule has 2 rings (SSSR count). The molecule has 5 heteroatoms. The molecule has 0 aliphatic rings. The molecule has 1 aromatic heterocycles. The number of benzene rings is 1. The molecule has 1 aromatic carbocycles. The largest absolute Gasteiger partial charge is 0.381 e. The Morgan fingerprint density at radius 3 is 2.64 bits per heavy atom. The van der Waals surface area contributed by atoms with Gasteiger partial charge in [0.15, 0.2) is 5.82 Å². The molecular weight excluding hydrogens is 310 g/mol. The summed E-state index contributed by atoms with van der Waals surface area (Å²) in [5.74, 6) is 0.472. The molecule has 0 aliphatic heterocycles. The Morgan fingerprint density at radius 2 is 2.07 bits per heavy atom. The summed E-state index contributed by atoms with van der Waals surface area (Å²) < 4.78 is 1.82. The fraction of sp³-hybridized carbons (Fsp3) is 0. The van der Waals surface area contributed by atoms with Gasteiger partial charge in [-0.05, 0) is 28.1 Å². The number of nitrogens with zero attached hydrogens (tertiary/aromatic N) is 1. The highest BCUT2D eigenvalue weighted by Crippen LogP contribution is 2.31. The molecule has 0 saturated carbocycles. The van der Waals surface area contributed by atoms with Crippen LogP contribution in [0.3, 0.4) is 0 Å². The lowest BCUT2D eigenvalue weighted by molar-refractivity contribution is 1.10. The maximum absolute atomic E-state index is 5.62. The van der Waals surface area contributed by atoms with Crippen molar-refractivity contribution in [1.29, 1.82) is 0 Å². The lowest BCUT2D eigenvalue weighted by Gasteiger charge is -1.98. The van der Waals surface area contributed by atoms with Crippen molar-refractivity contribution < 1.29 is 0 Å². The van der Waals surface area contributed by atoms with E-state index in [1.165, 1.54) is 0 Å². The molecule has 3 N–H and O–H groups in total. The second kappa shape index (κ2) is 3.74. The zero-order chi connectivity index (χ0) is 10.1. The molecule has 72 valence electrons. The number of aromatic amines is 1. The number of nitrogens with two attached hydrogens (primary N) is 1. The van der Waals surface area contributed by atoms with Crippen molar-refractivity contribution >= 4 is 37.7 Å². The number of nitrogens with one attached hydrogen (secondary N) is 1. The van der Waals surface area contributed by atoms with E-state index in [1.54, 1.807) is 0 Å². The number of H-pyrrole nitrogens is 1. The van der Waals surface area contributed by atoms with E-state index >= 15 is 0 Å². The Bertz CT molecular complexity index is 465. The SMILES string of the molecule is Nc1n[nH]c(-c2cccc(Br)c2)c1Br. The first-order valence-corrected chi connectivity index (χ1v) is 5.52. The highest BCUT2D eigenvalue weighted by Gasteiger charge is 2.09. The Kier molecular flexibility index (Phi) is 2.60. The molecule has 0 atom stereocenters. The molecule has 0 spiro atoms. The second-order valence-electron chi connectivity index (χ2n) is 2.81. The van der Waals surface area contributed by atoms with Crippen LogP contribution in [0, 0.1) is 0 Å². The molecule has 0 unspecified atom stereocenters. The van der Waals surface area contributed by atoms with Gasteiger partial charge < -0.3 is 5.73 Å². The highest BCUT2D eigenvalue weighted by molar-refractivity contribution is 9.11. The van der Waals surface area contributed by atoms with E-state index in [-0.39, 0.29) is 0 Å². The number of nitrogen functional groups attached to an aromatic ring is 1. The van der Waals surface area contributed by atoms with Crippen LogP contribution >= 0.6 is 31.9 Å². The maximum atomic E-state index is 5.62. The monoisotopic (exact) mass is 315 g/mol. The summed E-state index contributed by atoms with van der Waals surface area (Å²) in [5, 5.41) is 6.79. The normalized spacial score (nSPS) is 10.4. The van der Waals surface area contributed by atoms with Crippen molar-refractivity contribution in [2.75, 3.05) is 5.73 Å². The number of halogens is 2. The van der Waals surface area contributed by atoms with Gasteiger partial charge >= 0.3 is 0 Å². The molecule has 1 heterocycles. The van der Waals surface area contributed by atoms with E-state index in [4.69, 9.17) is 5.73 Å². The molecule has 2 aromatic rings. The second-order valence-corrected chi connectivity index (χ2v) is 4.52. The summed E-state index contributed by atoms with van der Waals surface area (Å²) in [6.07, 6.45) is 0. The minimum Gasteiger partial charge on any atom is -0.381 e. The van der Waals surface area contributed by atoms with Gasteiger partial charge in [-0.25, -0.2) is 0 Å². The first kappa shape index (κ1) is 9.73. The third-order valence-corrected chi connectivity index (χ3v) is 3.14. The van der Waals surface area contributed by atoms with Crippen LogP contribution in [-0.4, -0.2) is 10.2 Å². The Balaban J connectivity index is 2.55. The molecule has 0 amide bonds. The zero-order valence-electron chi connectivity index (χ0n) is 7.09. The lowest BCUT2D eigenvalue weighted by Crippen LogP contribution is -1.83. The van der Waals surface area contributed by atoms with Crippen LogP contribution in [0.4, 0.5) is 5.82 Å². The third kappa shape index (κ3) is 1.69. The van der Waals surface area contributed by atoms with E-state index in [0.717, 1.165) is 20.2 Å². The van der Waals surface area contributed by atoms with Crippen LogP contribution in [-0.2, 0) is 0 Å². The van der Waals surface area contributed by atoms with Gasteiger partial charge in [0.1, 0.15) is 0 Å². The highest BCUT2D eigenvalue weighted by atomic mass is 79.9. The number of anilines is 1. The van der Waals surface area contributed by atoms with Gasteiger partial charge in [0.05, 0.1) is 10.2 Å². The van der Waals surface area contributed by atoms with Crippen LogP contribution in [0.1, 0.15) is 0 Å². The fourth-order valence-corrected chi connectivity index (χ4v) is 1.98. The zero-order valence-corrected chi connectivity index (χ0v) is 10.3. The van der Waals surface area contributed by atoms with Gasteiger partial charge in [0.25, 0.3) is 0 Å².